The summed E-state index contributed by atoms with van der Waals surface area (Å²) in [6.07, 6.45) is 4.03. The van der Waals surface area contributed by atoms with E-state index in [9.17, 15) is 4.79 Å². The highest BCUT2D eigenvalue weighted by atomic mass is 16.1. The normalized spacial score (nSPS) is 10.8. The van der Waals surface area contributed by atoms with Crippen LogP contribution in [0.5, 0.6) is 0 Å². The van der Waals surface area contributed by atoms with Crippen LogP contribution in [0.25, 0.3) is 16.9 Å². The number of aromatic nitrogens is 4. The van der Waals surface area contributed by atoms with Gasteiger partial charge in [0.05, 0.1) is 28.8 Å². The van der Waals surface area contributed by atoms with Crippen molar-refractivity contribution >= 4 is 11.6 Å². The first-order valence-electron chi connectivity index (χ1n) is 9.21. The van der Waals surface area contributed by atoms with Crippen LogP contribution < -0.4 is 5.32 Å². The Morgan fingerprint density at radius 3 is 2.68 bits per heavy atom. The van der Waals surface area contributed by atoms with Gasteiger partial charge < -0.3 is 5.32 Å². The van der Waals surface area contributed by atoms with Crippen molar-refractivity contribution in [3.8, 4) is 16.9 Å². The lowest BCUT2D eigenvalue weighted by atomic mass is 10.1. The van der Waals surface area contributed by atoms with Gasteiger partial charge in [-0.1, -0.05) is 36.8 Å². The molecule has 0 radical (unpaired) electrons. The van der Waals surface area contributed by atoms with E-state index >= 15 is 0 Å². The quantitative estimate of drug-likeness (QED) is 0.546. The predicted molar refractivity (Wildman–Crippen MR) is 110 cm³/mol. The fraction of sp³-hybridized carbons (Fsp3) is 0.136. The number of amides is 1. The number of hydrogen-bond acceptors (Lipinski definition) is 3. The molecule has 2 N–H and O–H groups in total. The smallest absolute Gasteiger partial charge is 0.259 e. The van der Waals surface area contributed by atoms with Crippen LogP contribution in [-0.2, 0) is 6.42 Å². The standard InChI is InChI=1S/C22H21N5O/c1-3-21-19(14-24-27(21)18-9-7-15(2)8-10-18)22(28)25-17-6-4-5-16(13-17)20-11-12-23-26-20/h4-14H,3H2,1-2H3,(H,23,26)(H,25,28). The molecule has 140 valence electrons. The molecule has 0 atom stereocenters. The minimum atomic E-state index is -0.169. The second kappa shape index (κ2) is 7.52. The van der Waals surface area contributed by atoms with Crippen molar-refractivity contribution in [2.75, 3.05) is 5.32 Å². The topological polar surface area (TPSA) is 75.6 Å². The van der Waals surface area contributed by atoms with Crippen molar-refractivity contribution in [1.82, 2.24) is 20.0 Å². The summed E-state index contributed by atoms with van der Waals surface area (Å²) >= 11 is 0. The number of hydrogen-bond donors (Lipinski definition) is 2. The Hall–Kier alpha value is -3.67. The van der Waals surface area contributed by atoms with E-state index in [2.05, 4.69) is 20.6 Å². The molecular weight excluding hydrogens is 350 g/mol. The Balaban J connectivity index is 1.61. The van der Waals surface area contributed by atoms with Gasteiger partial charge in [0.25, 0.3) is 5.91 Å². The van der Waals surface area contributed by atoms with Crippen LogP contribution in [0.2, 0.25) is 0 Å². The zero-order chi connectivity index (χ0) is 19.5. The highest BCUT2D eigenvalue weighted by Gasteiger charge is 2.17. The number of carbonyl (C=O) groups excluding carboxylic acids is 1. The van der Waals surface area contributed by atoms with Crippen LogP contribution in [0.3, 0.4) is 0 Å². The van der Waals surface area contributed by atoms with Gasteiger partial charge in [0, 0.05) is 17.4 Å². The molecule has 0 spiro atoms. The molecule has 0 aliphatic carbocycles. The van der Waals surface area contributed by atoms with E-state index in [1.165, 1.54) is 5.56 Å². The lowest BCUT2D eigenvalue weighted by molar-refractivity contribution is 0.102. The summed E-state index contributed by atoms with van der Waals surface area (Å²) < 4.78 is 1.83. The van der Waals surface area contributed by atoms with Crippen molar-refractivity contribution in [1.29, 1.82) is 0 Å². The summed E-state index contributed by atoms with van der Waals surface area (Å²) in [4.78, 5) is 12.9. The fourth-order valence-electron chi connectivity index (χ4n) is 3.19. The van der Waals surface area contributed by atoms with E-state index in [0.717, 1.165) is 28.3 Å². The minimum Gasteiger partial charge on any atom is -0.322 e. The summed E-state index contributed by atoms with van der Waals surface area (Å²) in [5, 5.41) is 14.3. The molecule has 28 heavy (non-hydrogen) atoms. The van der Waals surface area contributed by atoms with Crippen LogP contribution in [0.15, 0.2) is 67.0 Å². The molecule has 2 aromatic heterocycles. The van der Waals surface area contributed by atoms with Crippen molar-refractivity contribution in [3.05, 3.63) is 83.8 Å². The molecule has 0 aliphatic heterocycles. The molecule has 2 heterocycles. The van der Waals surface area contributed by atoms with Crippen molar-refractivity contribution in [2.24, 2.45) is 0 Å². The maximum atomic E-state index is 12.9. The van der Waals surface area contributed by atoms with Crippen LogP contribution >= 0.6 is 0 Å². The third-order valence-corrected chi connectivity index (χ3v) is 4.66. The molecule has 6 nitrogen and oxygen atoms in total. The molecule has 0 saturated heterocycles. The van der Waals surface area contributed by atoms with E-state index in [4.69, 9.17) is 0 Å². The highest BCUT2D eigenvalue weighted by Crippen LogP contribution is 2.22. The molecule has 4 rings (SSSR count). The van der Waals surface area contributed by atoms with E-state index < -0.39 is 0 Å². The van der Waals surface area contributed by atoms with Gasteiger partial charge in [-0.25, -0.2) is 4.68 Å². The average Bonchev–Trinajstić information content (AvgIpc) is 3.38. The fourth-order valence-corrected chi connectivity index (χ4v) is 3.19. The third-order valence-electron chi connectivity index (χ3n) is 4.66. The van der Waals surface area contributed by atoms with Crippen molar-refractivity contribution < 1.29 is 4.79 Å². The molecular formula is C22H21N5O. The zero-order valence-corrected chi connectivity index (χ0v) is 15.8. The largest absolute Gasteiger partial charge is 0.322 e. The molecule has 0 unspecified atom stereocenters. The number of rotatable bonds is 5. The van der Waals surface area contributed by atoms with Crippen molar-refractivity contribution in [2.45, 2.75) is 20.3 Å². The SMILES string of the molecule is CCc1c(C(=O)Nc2cccc(-c3ccn[nH]3)c2)cnn1-c1ccc(C)cc1. The van der Waals surface area contributed by atoms with Gasteiger partial charge >= 0.3 is 0 Å². The average molecular weight is 371 g/mol. The number of carbonyl (C=O) groups is 1. The van der Waals surface area contributed by atoms with E-state index in [-0.39, 0.29) is 5.91 Å². The molecule has 0 bridgehead atoms. The number of aromatic amines is 1. The van der Waals surface area contributed by atoms with E-state index in [0.29, 0.717) is 12.0 Å². The summed E-state index contributed by atoms with van der Waals surface area (Å²) in [5.74, 6) is -0.169. The van der Waals surface area contributed by atoms with Crippen LogP contribution in [0.4, 0.5) is 5.69 Å². The molecule has 0 fully saturated rings. The van der Waals surface area contributed by atoms with Gasteiger partial charge in [0.1, 0.15) is 0 Å². The maximum absolute atomic E-state index is 12.9. The number of aryl methyl sites for hydroxylation is 1. The monoisotopic (exact) mass is 371 g/mol. The maximum Gasteiger partial charge on any atom is 0.259 e. The van der Waals surface area contributed by atoms with Crippen molar-refractivity contribution in [3.63, 3.8) is 0 Å². The van der Waals surface area contributed by atoms with Gasteiger partial charge in [-0.15, -0.1) is 0 Å². The van der Waals surface area contributed by atoms with Gasteiger partial charge in [-0.2, -0.15) is 10.2 Å². The molecule has 4 aromatic rings. The minimum absolute atomic E-state index is 0.169. The van der Waals surface area contributed by atoms with Gasteiger partial charge in [-0.3, -0.25) is 9.89 Å². The first-order valence-corrected chi connectivity index (χ1v) is 9.21. The summed E-state index contributed by atoms with van der Waals surface area (Å²) in [6, 6.07) is 17.7. The Kier molecular flexibility index (Phi) is 4.76. The lowest BCUT2D eigenvalue weighted by Gasteiger charge is -2.09. The van der Waals surface area contributed by atoms with Gasteiger partial charge in [0.15, 0.2) is 0 Å². The first-order chi connectivity index (χ1) is 13.7. The van der Waals surface area contributed by atoms with E-state index in [1.807, 2.05) is 73.1 Å². The molecule has 1 amide bonds. The molecule has 0 saturated carbocycles. The zero-order valence-electron chi connectivity index (χ0n) is 15.8. The number of anilines is 1. The number of nitrogens with zero attached hydrogens (tertiary/aromatic N) is 3. The van der Waals surface area contributed by atoms with Crippen LogP contribution in [0, 0.1) is 6.92 Å². The Morgan fingerprint density at radius 2 is 1.96 bits per heavy atom. The summed E-state index contributed by atoms with van der Waals surface area (Å²) in [5.41, 5.74) is 6.18. The number of H-pyrrole nitrogens is 1. The summed E-state index contributed by atoms with van der Waals surface area (Å²) in [7, 11) is 0. The first kappa shape index (κ1) is 17.7. The Bertz CT molecular complexity index is 1090. The van der Waals surface area contributed by atoms with Crippen LogP contribution in [-0.4, -0.2) is 25.9 Å². The molecule has 0 aliphatic rings. The second-order valence-electron chi connectivity index (χ2n) is 6.61. The van der Waals surface area contributed by atoms with Crippen LogP contribution in [0.1, 0.15) is 28.5 Å². The summed E-state index contributed by atoms with van der Waals surface area (Å²) in [6.45, 7) is 4.07. The Morgan fingerprint density at radius 1 is 1.14 bits per heavy atom. The third kappa shape index (κ3) is 3.44. The Labute approximate surface area is 163 Å². The highest BCUT2D eigenvalue weighted by molar-refractivity contribution is 6.05. The van der Waals surface area contributed by atoms with E-state index in [1.54, 1.807) is 12.4 Å². The lowest BCUT2D eigenvalue weighted by Crippen LogP contribution is -2.14. The second-order valence-corrected chi connectivity index (χ2v) is 6.61. The molecule has 6 heteroatoms. The number of benzene rings is 2. The van der Waals surface area contributed by atoms with Gasteiger partial charge in [-0.05, 0) is 43.7 Å². The predicted octanol–water partition coefficient (Wildman–Crippen LogP) is 4.39. The van der Waals surface area contributed by atoms with Gasteiger partial charge in [0.2, 0.25) is 0 Å². The molecule has 2 aromatic carbocycles. The number of nitrogens with one attached hydrogen (secondary N) is 2.